The fourth-order valence-corrected chi connectivity index (χ4v) is 3.36. The highest BCUT2D eigenvalue weighted by atomic mass is 16.6. The second-order valence-corrected chi connectivity index (χ2v) is 8.11. The molecular weight excluding hydrogens is 432 g/mol. The Hall–Kier alpha value is -3.93. The molecule has 0 fully saturated rings. The summed E-state index contributed by atoms with van der Waals surface area (Å²) in [5, 5.41) is 0. The third-order valence-electron chi connectivity index (χ3n) is 5.45. The number of hydrogen-bond donors (Lipinski definition) is 0. The van der Waals surface area contributed by atoms with Crippen LogP contribution in [0, 0.1) is 26.7 Å². The molecule has 34 heavy (non-hydrogen) atoms. The van der Waals surface area contributed by atoms with Crippen LogP contribution in [0.4, 0.5) is 0 Å². The van der Waals surface area contributed by atoms with Crippen LogP contribution >= 0.6 is 0 Å². The Balaban J connectivity index is 1.66. The summed E-state index contributed by atoms with van der Waals surface area (Å²) in [7, 11) is 0. The van der Waals surface area contributed by atoms with E-state index in [-0.39, 0.29) is 19.8 Å². The summed E-state index contributed by atoms with van der Waals surface area (Å²) in [6, 6.07) is 21.3. The van der Waals surface area contributed by atoms with Crippen molar-refractivity contribution in [2.45, 2.75) is 20.8 Å². The molecule has 176 valence electrons. The third-order valence-corrected chi connectivity index (χ3v) is 5.45. The standard InChI is InChI=1S/C28H28O6/c1-19-10-4-7-13-23(19)26(29)32-16-22(17-33-27(30)24-14-8-5-11-20(24)2)18-34-28(31)25-15-9-6-12-21(25)3/h4-15,22H,16-18H2,1-3H3. The van der Waals surface area contributed by atoms with Gasteiger partial charge >= 0.3 is 17.9 Å². The molecule has 0 heterocycles. The minimum Gasteiger partial charge on any atom is -0.462 e. The van der Waals surface area contributed by atoms with E-state index >= 15 is 0 Å². The van der Waals surface area contributed by atoms with Crippen molar-refractivity contribution in [2.24, 2.45) is 5.92 Å². The Kier molecular flexibility index (Phi) is 8.57. The van der Waals surface area contributed by atoms with Crippen LogP contribution < -0.4 is 0 Å². The first-order valence-electron chi connectivity index (χ1n) is 11.0. The van der Waals surface area contributed by atoms with Crippen LogP contribution in [0.25, 0.3) is 0 Å². The minimum absolute atomic E-state index is 0.0741. The number of aryl methyl sites for hydroxylation is 3. The van der Waals surface area contributed by atoms with Gasteiger partial charge in [0.05, 0.1) is 22.6 Å². The summed E-state index contributed by atoms with van der Waals surface area (Å²) in [6.07, 6.45) is 0. The molecule has 3 aromatic carbocycles. The van der Waals surface area contributed by atoms with Gasteiger partial charge in [-0.3, -0.25) is 0 Å². The van der Waals surface area contributed by atoms with Crippen molar-refractivity contribution >= 4 is 17.9 Å². The Morgan fingerprint density at radius 1 is 0.529 bits per heavy atom. The smallest absolute Gasteiger partial charge is 0.338 e. The van der Waals surface area contributed by atoms with Crippen LogP contribution in [0.1, 0.15) is 47.8 Å². The largest absolute Gasteiger partial charge is 0.462 e. The van der Waals surface area contributed by atoms with Crippen molar-refractivity contribution < 1.29 is 28.6 Å². The van der Waals surface area contributed by atoms with Gasteiger partial charge in [0.2, 0.25) is 0 Å². The lowest BCUT2D eigenvalue weighted by Crippen LogP contribution is -2.27. The van der Waals surface area contributed by atoms with Crippen molar-refractivity contribution in [2.75, 3.05) is 19.8 Å². The predicted octanol–water partition coefficient (Wildman–Crippen LogP) is 5.10. The Morgan fingerprint density at radius 3 is 1.06 bits per heavy atom. The van der Waals surface area contributed by atoms with E-state index in [1.165, 1.54) is 0 Å². The average molecular weight is 461 g/mol. The number of benzene rings is 3. The summed E-state index contributed by atoms with van der Waals surface area (Å²) in [5.74, 6) is -2.00. The molecule has 0 saturated heterocycles. The van der Waals surface area contributed by atoms with E-state index in [4.69, 9.17) is 14.2 Å². The zero-order valence-electron chi connectivity index (χ0n) is 19.6. The van der Waals surface area contributed by atoms with Gasteiger partial charge < -0.3 is 14.2 Å². The average Bonchev–Trinajstić information content (AvgIpc) is 2.83. The second kappa shape index (κ2) is 11.8. The topological polar surface area (TPSA) is 78.9 Å². The van der Waals surface area contributed by atoms with Gasteiger partial charge in [-0.2, -0.15) is 0 Å². The number of ether oxygens (including phenoxy) is 3. The zero-order valence-corrected chi connectivity index (χ0v) is 19.6. The molecule has 0 saturated carbocycles. The lowest BCUT2D eigenvalue weighted by molar-refractivity contribution is 0.00635. The van der Waals surface area contributed by atoms with E-state index in [1.54, 1.807) is 36.4 Å². The van der Waals surface area contributed by atoms with E-state index < -0.39 is 23.8 Å². The molecule has 0 atom stereocenters. The molecule has 0 radical (unpaired) electrons. The van der Waals surface area contributed by atoms with Gasteiger partial charge in [0.25, 0.3) is 0 Å². The maximum Gasteiger partial charge on any atom is 0.338 e. The summed E-state index contributed by atoms with van der Waals surface area (Å²) in [6.45, 7) is 5.24. The second-order valence-electron chi connectivity index (χ2n) is 8.11. The summed E-state index contributed by atoms with van der Waals surface area (Å²) >= 11 is 0. The molecule has 6 heteroatoms. The molecule has 0 N–H and O–H groups in total. The van der Waals surface area contributed by atoms with Gasteiger partial charge in [0.1, 0.15) is 19.8 Å². The molecule has 0 amide bonds. The van der Waals surface area contributed by atoms with Crippen LogP contribution in [-0.4, -0.2) is 37.7 Å². The third kappa shape index (κ3) is 6.54. The van der Waals surface area contributed by atoms with Crippen molar-refractivity contribution in [3.8, 4) is 0 Å². The molecule has 0 spiro atoms. The maximum atomic E-state index is 12.5. The van der Waals surface area contributed by atoms with E-state index in [1.807, 2.05) is 57.2 Å². The monoisotopic (exact) mass is 460 g/mol. The molecule has 3 rings (SSSR count). The molecule has 0 aromatic heterocycles. The highest BCUT2D eigenvalue weighted by Gasteiger charge is 2.21. The zero-order chi connectivity index (χ0) is 24.5. The molecule has 0 aliphatic heterocycles. The van der Waals surface area contributed by atoms with Crippen molar-refractivity contribution in [3.05, 3.63) is 106 Å². The van der Waals surface area contributed by atoms with Crippen molar-refractivity contribution in [3.63, 3.8) is 0 Å². The fourth-order valence-electron chi connectivity index (χ4n) is 3.36. The highest BCUT2D eigenvalue weighted by Crippen LogP contribution is 2.14. The lowest BCUT2D eigenvalue weighted by Gasteiger charge is -2.18. The summed E-state index contributed by atoms with van der Waals surface area (Å²) < 4.78 is 16.4. The molecule has 0 aliphatic carbocycles. The molecule has 0 bridgehead atoms. The Bertz CT molecular complexity index is 1020. The number of esters is 3. The number of rotatable bonds is 9. The van der Waals surface area contributed by atoms with E-state index in [0.717, 1.165) is 16.7 Å². The van der Waals surface area contributed by atoms with Gasteiger partial charge in [-0.25, -0.2) is 14.4 Å². The Labute approximate surface area is 199 Å². The van der Waals surface area contributed by atoms with Crippen LogP contribution in [0.2, 0.25) is 0 Å². The van der Waals surface area contributed by atoms with Gasteiger partial charge in [-0.1, -0.05) is 54.6 Å². The van der Waals surface area contributed by atoms with Gasteiger partial charge in [-0.05, 0) is 55.7 Å². The Morgan fingerprint density at radius 2 is 0.794 bits per heavy atom. The van der Waals surface area contributed by atoms with Crippen molar-refractivity contribution in [1.82, 2.24) is 0 Å². The van der Waals surface area contributed by atoms with E-state index in [9.17, 15) is 14.4 Å². The number of carbonyl (C=O) groups excluding carboxylic acids is 3. The SMILES string of the molecule is Cc1ccccc1C(=O)OCC(COC(=O)c1ccccc1C)COC(=O)c1ccccc1C. The van der Waals surface area contributed by atoms with Crippen LogP contribution in [0.3, 0.4) is 0 Å². The maximum absolute atomic E-state index is 12.5. The van der Waals surface area contributed by atoms with Crippen LogP contribution in [0.15, 0.2) is 72.8 Å². The first-order chi connectivity index (χ1) is 16.4. The van der Waals surface area contributed by atoms with Gasteiger partial charge in [-0.15, -0.1) is 0 Å². The predicted molar refractivity (Wildman–Crippen MR) is 128 cm³/mol. The molecule has 3 aromatic rings. The quantitative estimate of drug-likeness (QED) is 0.327. The molecule has 0 aliphatic rings. The van der Waals surface area contributed by atoms with E-state index in [0.29, 0.717) is 16.7 Å². The van der Waals surface area contributed by atoms with E-state index in [2.05, 4.69) is 0 Å². The van der Waals surface area contributed by atoms with Gasteiger partial charge in [0, 0.05) is 0 Å². The fraction of sp³-hybridized carbons (Fsp3) is 0.250. The first kappa shape index (κ1) is 24.7. The summed E-state index contributed by atoms with van der Waals surface area (Å²) in [4.78, 5) is 37.6. The normalized spacial score (nSPS) is 10.6. The molecular formula is C28H28O6. The molecule has 6 nitrogen and oxygen atoms in total. The van der Waals surface area contributed by atoms with Gasteiger partial charge in [0.15, 0.2) is 0 Å². The van der Waals surface area contributed by atoms with Crippen LogP contribution in [-0.2, 0) is 14.2 Å². The number of carbonyl (C=O) groups is 3. The minimum atomic E-state index is -0.533. The van der Waals surface area contributed by atoms with Crippen molar-refractivity contribution in [1.29, 1.82) is 0 Å². The summed E-state index contributed by atoms with van der Waals surface area (Å²) in [5.41, 5.74) is 3.74. The lowest BCUT2D eigenvalue weighted by atomic mass is 10.1. The molecule has 0 unspecified atom stereocenters. The number of hydrogen-bond acceptors (Lipinski definition) is 6. The first-order valence-corrected chi connectivity index (χ1v) is 11.0. The van der Waals surface area contributed by atoms with Crippen LogP contribution in [0.5, 0.6) is 0 Å². The highest BCUT2D eigenvalue weighted by molar-refractivity contribution is 5.92.